The minimum atomic E-state index is 0.0179. The lowest BCUT2D eigenvalue weighted by molar-refractivity contribution is 0.182. The first-order valence-corrected chi connectivity index (χ1v) is 6.44. The van der Waals surface area contributed by atoms with Gasteiger partial charge in [0, 0.05) is 12.7 Å². The Hall–Kier alpha value is -1.92. The van der Waals surface area contributed by atoms with Gasteiger partial charge in [0.25, 0.3) is 0 Å². The van der Waals surface area contributed by atoms with E-state index < -0.39 is 0 Å². The van der Waals surface area contributed by atoms with Crippen LogP contribution in [0.2, 0.25) is 0 Å². The minimum absolute atomic E-state index is 0.0179. The highest BCUT2D eigenvalue weighted by molar-refractivity contribution is 7.17. The number of amidine groups is 1. The molecule has 100 valence electrons. The van der Waals surface area contributed by atoms with Crippen LogP contribution in [-0.2, 0) is 11.3 Å². The van der Waals surface area contributed by atoms with Crippen molar-refractivity contribution in [3.8, 4) is 16.3 Å². The van der Waals surface area contributed by atoms with E-state index in [4.69, 9.17) is 20.6 Å². The minimum Gasteiger partial charge on any atom is -0.497 e. The van der Waals surface area contributed by atoms with E-state index in [1.54, 1.807) is 14.2 Å². The molecule has 0 aliphatic rings. The lowest BCUT2D eigenvalue weighted by Crippen LogP contribution is -2.11. The fourth-order valence-electron chi connectivity index (χ4n) is 1.65. The highest BCUT2D eigenvalue weighted by Gasteiger charge is 2.14. The average Bonchev–Trinajstić information content (AvgIpc) is 2.83. The van der Waals surface area contributed by atoms with E-state index in [2.05, 4.69) is 4.98 Å². The van der Waals surface area contributed by atoms with E-state index >= 15 is 0 Å². The molecular weight excluding hydrogens is 262 g/mol. The highest BCUT2D eigenvalue weighted by atomic mass is 32.1. The quantitative estimate of drug-likeness (QED) is 0.648. The molecule has 0 unspecified atom stereocenters. The van der Waals surface area contributed by atoms with Crippen LogP contribution in [0.15, 0.2) is 24.3 Å². The molecule has 0 atom stereocenters. The number of ether oxygens (including phenoxy) is 2. The maximum Gasteiger partial charge on any atom is 0.135 e. The molecule has 0 amide bonds. The molecular formula is C13H15N3O2S. The fourth-order valence-corrected chi connectivity index (χ4v) is 2.59. The Kier molecular flexibility index (Phi) is 4.13. The number of nitrogen functional groups attached to an aromatic ring is 1. The van der Waals surface area contributed by atoms with Gasteiger partial charge in [-0.25, -0.2) is 4.98 Å². The second-order valence-corrected chi connectivity index (χ2v) is 4.87. The van der Waals surface area contributed by atoms with E-state index in [-0.39, 0.29) is 5.84 Å². The first-order chi connectivity index (χ1) is 9.15. The van der Waals surface area contributed by atoms with Crippen molar-refractivity contribution in [3.63, 3.8) is 0 Å². The molecule has 0 aliphatic carbocycles. The first-order valence-electron chi connectivity index (χ1n) is 5.63. The third-order valence-corrected chi connectivity index (χ3v) is 3.74. The van der Waals surface area contributed by atoms with Gasteiger partial charge in [0.05, 0.1) is 24.3 Å². The van der Waals surface area contributed by atoms with Crippen molar-refractivity contribution in [1.82, 2.24) is 4.98 Å². The summed E-state index contributed by atoms with van der Waals surface area (Å²) in [5, 5.41) is 8.39. The molecule has 0 spiro atoms. The van der Waals surface area contributed by atoms with Crippen LogP contribution in [0.5, 0.6) is 5.75 Å². The third-order valence-electron chi connectivity index (χ3n) is 2.56. The van der Waals surface area contributed by atoms with Crippen molar-refractivity contribution in [2.75, 3.05) is 14.2 Å². The van der Waals surface area contributed by atoms with Crippen molar-refractivity contribution in [2.24, 2.45) is 5.73 Å². The molecule has 0 aliphatic heterocycles. The Bertz CT molecular complexity index is 578. The summed E-state index contributed by atoms with van der Waals surface area (Å²) >= 11 is 1.39. The largest absolute Gasteiger partial charge is 0.497 e. The van der Waals surface area contributed by atoms with Gasteiger partial charge in [0.15, 0.2) is 0 Å². The van der Waals surface area contributed by atoms with E-state index in [9.17, 15) is 0 Å². The molecule has 2 rings (SSSR count). The van der Waals surface area contributed by atoms with Gasteiger partial charge in [0.1, 0.15) is 16.6 Å². The number of benzene rings is 1. The van der Waals surface area contributed by atoms with Crippen molar-refractivity contribution >= 4 is 17.2 Å². The van der Waals surface area contributed by atoms with E-state index in [1.165, 1.54) is 11.3 Å². The third kappa shape index (κ3) is 2.91. The number of nitrogens with zero attached hydrogens (tertiary/aromatic N) is 1. The molecule has 1 aromatic heterocycles. The first kappa shape index (κ1) is 13.5. The smallest absolute Gasteiger partial charge is 0.135 e. The summed E-state index contributed by atoms with van der Waals surface area (Å²) in [5.41, 5.74) is 7.23. The average molecular weight is 277 g/mol. The van der Waals surface area contributed by atoms with Crippen LogP contribution in [0.1, 0.15) is 10.6 Å². The molecule has 0 radical (unpaired) electrons. The Morgan fingerprint density at radius 2 is 2.00 bits per heavy atom. The maximum absolute atomic E-state index is 7.57. The molecule has 0 saturated heterocycles. The van der Waals surface area contributed by atoms with Crippen molar-refractivity contribution in [1.29, 1.82) is 5.41 Å². The van der Waals surface area contributed by atoms with Gasteiger partial charge < -0.3 is 15.2 Å². The van der Waals surface area contributed by atoms with Gasteiger partial charge in [-0.1, -0.05) is 0 Å². The molecule has 0 bridgehead atoms. The molecule has 19 heavy (non-hydrogen) atoms. The van der Waals surface area contributed by atoms with Gasteiger partial charge in [-0.2, -0.15) is 0 Å². The zero-order valence-electron chi connectivity index (χ0n) is 10.8. The summed E-state index contributed by atoms with van der Waals surface area (Å²) in [6.45, 7) is 0.349. The SMILES string of the molecule is COCc1nc(-c2ccc(OC)cc2)sc1C(=N)N. The summed E-state index contributed by atoms with van der Waals surface area (Å²) in [4.78, 5) is 5.14. The monoisotopic (exact) mass is 277 g/mol. The summed E-state index contributed by atoms with van der Waals surface area (Å²) in [6, 6.07) is 7.61. The number of nitrogens with one attached hydrogen (secondary N) is 1. The molecule has 0 fully saturated rings. The topological polar surface area (TPSA) is 81.2 Å². The van der Waals surface area contributed by atoms with Gasteiger partial charge >= 0.3 is 0 Å². The Labute approximate surface area is 115 Å². The van der Waals surface area contributed by atoms with Crippen LogP contribution in [-0.4, -0.2) is 25.0 Å². The van der Waals surface area contributed by atoms with Crippen LogP contribution in [0.3, 0.4) is 0 Å². The zero-order valence-corrected chi connectivity index (χ0v) is 11.6. The molecule has 5 nitrogen and oxygen atoms in total. The second-order valence-electron chi connectivity index (χ2n) is 3.87. The lowest BCUT2D eigenvalue weighted by atomic mass is 10.2. The van der Waals surface area contributed by atoms with Crippen LogP contribution in [0.25, 0.3) is 10.6 Å². The van der Waals surface area contributed by atoms with Gasteiger partial charge in [-0.15, -0.1) is 11.3 Å². The van der Waals surface area contributed by atoms with E-state index in [0.717, 1.165) is 16.3 Å². The predicted octanol–water partition coefficient (Wildman–Crippen LogP) is 2.25. The summed E-state index contributed by atoms with van der Waals surface area (Å²) in [6.07, 6.45) is 0. The molecule has 0 saturated carbocycles. The Balaban J connectivity index is 2.38. The molecule has 2 aromatic rings. The van der Waals surface area contributed by atoms with Crippen LogP contribution in [0, 0.1) is 5.41 Å². The number of hydrogen-bond donors (Lipinski definition) is 2. The highest BCUT2D eigenvalue weighted by Crippen LogP contribution is 2.29. The molecule has 6 heteroatoms. The summed E-state index contributed by atoms with van der Waals surface area (Å²) in [5.74, 6) is 0.813. The second kappa shape index (κ2) is 5.81. The number of methoxy groups -OCH3 is 2. The van der Waals surface area contributed by atoms with Crippen molar-refractivity contribution in [2.45, 2.75) is 6.61 Å². The van der Waals surface area contributed by atoms with Gasteiger partial charge in [-0.05, 0) is 24.3 Å². The Morgan fingerprint density at radius 3 is 2.53 bits per heavy atom. The molecule has 1 heterocycles. The summed E-state index contributed by atoms with van der Waals surface area (Å²) in [7, 11) is 3.22. The van der Waals surface area contributed by atoms with Crippen LogP contribution < -0.4 is 10.5 Å². The Morgan fingerprint density at radius 1 is 1.32 bits per heavy atom. The van der Waals surface area contributed by atoms with Gasteiger partial charge in [-0.3, -0.25) is 5.41 Å². The zero-order chi connectivity index (χ0) is 13.8. The number of nitrogens with two attached hydrogens (primary N) is 1. The number of rotatable bonds is 5. The van der Waals surface area contributed by atoms with Crippen molar-refractivity contribution < 1.29 is 9.47 Å². The van der Waals surface area contributed by atoms with Crippen LogP contribution in [0.4, 0.5) is 0 Å². The predicted molar refractivity (Wildman–Crippen MR) is 75.8 cm³/mol. The fraction of sp³-hybridized carbons (Fsp3) is 0.231. The number of thiazole rings is 1. The van der Waals surface area contributed by atoms with Gasteiger partial charge in [0.2, 0.25) is 0 Å². The van der Waals surface area contributed by atoms with E-state index in [0.29, 0.717) is 17.2 Å². The lowest BCUT2D eigenvalue weighted by Gasteiger charge is -2.00. The van der Waals surface area contributed by atoms with Crippen molar-refractivity contribution in [3.05, 3.63) is 34.8 Å². The standard InChI is InChI=1S/C13H15N3O2S/c1-17-7-10-11(12(14)15)19-13(16-10)8-3-5-9(18-2)6-4-8/h3-6H,7H2,1-2H3,(H3,14,15). The number of hydrogen-bond acceptors (Lipinski definition) is 5. The molecule has 3 N–H and O–H groups in total. The normalized spacial score (nSPS) is 10.4. The van der Waals surface area contributed by atoms with E-state index in [1.807, 2.05) is 24.3 Å². The maximum atomic E-state index is 7.57. The molecule has 1 aromatic carbocycles. The van der Waals surface area contributed by atoms with Crippen LogP contribution >= 0.6 is 11.3 Å². The summed E-state index contributed by atoms with van der Waals surface area (Å²) < 4.78 is 10.2. The number of aromatic nitrogens is 1.